The molecule has 0 aliphatic carbocycles. The van der Waals surface area contributed by atoms with Gasteiger partial charge >= 0.3 is 29.8 Å². The van der Waals surface area contributed by atoms with Crippen molar-refractivity contribution in [3.05, 3.63) is 0 Å². The summed E-state index contributed by atoms with van der Waals surface area (Å²) in [6.45, 7) is 4.65. The maximum Gasteiger partial charge on any atom is 0.305 e. The van der Waals surface area contributed by atoms with Crippen LogP contribution in [0.4, 0.5) is 0 Å². The third-order valence-corrected chi connectivity index (χ3v) is 3.08. The molecule has 0 radical (unpaired) electrons. The molecule has 0 bridgehead atoms. The van der Waals surface area contributed by atoms with E-state index in [1.54, 1.807) is 0 Å². The van der Waals surface area contributed by atoms with Crippen molar-refractivity contribution in [1.29, 1.82) is 0 Å². The molecule has 0 N–H and O–H groups in total. The smallest absolute Gasteiger partial charge is 0.305 e. The topological polar surface area (TPSA) is 141 Å². The summed E-state index contributed by atoms with van der Waals surface area (Å²) in [5, 5.41) is 0. The average molecular weight is 391 g/mol. The van der Waals surface area contributed by atoms with E-state index in [2.05, 4.69) is 0 Å². The van der Waals surface area contributed by atoms with Crippen molar-refractivity contribution in [2.45, 2.75) is 65.3 Å². The van der Waals surface area contributed by atoms with Crippen LogP contribution in [-0.2, 0) is 52.4 Å². The van der Waals surface area contributed by atoms with Gasteiger partial charge in [-0.05, 0) is 0 Å². The molecule has 1 fully saturated rings. The summed E-state index contributed by atoms with van der Waals surface area (Å²) in [6.07, 6.45) is -8.86. The van der Waals surface area contributed by atoms with Crippen LogP contribution in [0.5, 0.6) is 0 Å². The Morgan fingerprint density at radius 2 is 1.15 bits per heavy atom. The maximum atomic E-state index is 11.6. The molecule has 0 aromatic rings. The van der Waals surface area contributed by atoms with Gasteiger partial charge in [0, 0.05) is 34.6 Å². The van der Waals surface area contributed by atoms with Crippen LogP contribution in [0.3, 0.4) is 0 Å². The summed E-state index contributed by atoms with van der Waals surface area (Å²) in [6, 6.07) is 0. The van der Waals surface area contributed by atoms with E-state index in [0.29, 0.717) is 0 Å². The zero-order chi connectivity index (χ0) is 21.6. The first-order chi connectivity index (χ1) is 12.9. The number of ether oxygens (including phenoxy) is 6. The summed E-state index contributed by atoms with van der Waals surface area (Å²) in [4.78, 5) is 57.3. The minimum absolute atomic E-state index is 0.528. The number of rotatable bonds is 6. The predicted molar refractivity (Wildman–Crippen MR) is 83.7 cm³/mol. The molecule has 0 amide bonds. The van der Waals surface area contributed by atoms with Crippen LogP contribution in [0.1, 0.15) is 36.0 Å². The van der Waals surface area contributed by atoms with E-state index in [9.17, 15) is 24.0 Å². The lowest BCUT2D eigenvalue weighted by Crippen LogP contribution is -2.63. The van der Waals surface area contributed by atoms with Crippen LogP contribution in [-0.4, -0.2) is 67.1 Å². The quantitative estimate of drug-likeness (QED) is 0.432. The van der Waals surface area contributed by atoms with Gasteiger partial charge in [0.15, 0.2) is 12.2 Å². The first kappa shape index (κ1) is 20.6. The fraction of sp³-hybridized carbons (Fsp3) is 0.688. The van der Waals surface area contributed by atoms with Crippen molar-refractivity contribution in [3.63, 3.8) is 0 Å². The van der Waals surface area contributed by atoms with Crippen LogP contribution < -0.4 is 0 Å². The Labute approximate surface area is 156 Å². The van der Waals surface area contributed by atoms with Crippen molar-refractivity contribution in [1.82, 2.24) is 0 Å². The SMILES string of the molecule is [2H]C1(OC(C)=O)OC(COC(C)=O)C(OC(C)=O)C(OC(C)=O)C1OC(C)=O. The predicted octanol–water partition coefficient (Wildman–Crippen LogP) is -0.367. The normalized spacial score (nSPS) is 30.3. The molecule has 0 spiro atoms. The molecule has 0 aromatic carbocycles. The number of hydrogen-bond acceptors (Lipinski definition) is 11. The highest BCUT2D eigenvalue weighted by Crippen LogP contribution is 2.29. The molecule has 11 heteroatoms. The van der Waals surface area contributed by atoms with Gasteiger partial charge in [-0.2, -0.15) is 0 Å². The molecule has 1 aliphatic rings. The highest BCUT2D eigenvalue weighted by atomic mass is 16.7. The van der Waals surface area contributed by atoms with Gasteiger partial charge in [0.25, 0.3) is 0 Å². The molecule has 1 rings (SSSR count). The lowest BCUT2D eigenvalue weighted by Gasteiger charge is -2.43. The fourth-order valence-corrected chi connectivity index (χ4v) is 2.30. The Bertz CT molecular complexity index is 649. The van der Waals surface area contributed by atoms with Gasteiger partial charge < -0.3 is 28.4 Å². The Morgan fingerprint density at radius 1 is 0.704 bits per heavy atom. The van der Waals surface area contributed by atoms with Crippen LogP contribution in [0.15, 0.2) is 0 Å². The maximum absolute atomic E-state index is 11.6. The second kappa shape index (κ2) is 9.86. The van der Waals surface area contributed by atoms with Crippen molar-refractivity contribution in [3.8, 4) is 0 Å². The standard InChI is InChI=1S/C16H22O11/c1-7(17)22-6-12-13(23-8(2)18)14(24-9(3)19)15(25-10(4)20)16(27-12)26-11(5)21/h12-16H,6H2,1-5H3/i16D. The van der Waals surface area contributed by atoms with Crippen molar-refractivity contribution in [2.24, 2.45) is 0 Å². The van der Waals surface area contributed by atoms with Gasteiger partial charge in [0.05, 0.1) is 0 Å². The molecular weight excluding hydrogens is 368 g/mol. The number of hydrogen-bond donors (Lipinski definition) is 0. The van der Waals surface area contributed by atoms with Gasteiger partial charge in [0.1, 0.15) is 14.1 Å². The molecule has 152 valence electrons. The molecule has 5 atom stereocenters. The molecule has 1 saturated heterocycles. The van der Waals surface area contributed by atoms with E-state index in [0.717, 1.165) is 34.6 Å². The van der Waals surface area contributed by atoms with Gasteiger partial charge in [-0.1, -0.05) is 0 Å². The van der Waals surface area contributed by atoms with Gasteiger partial charge in [0.2, 0.25) is 12.4 Å². The zero-order valence-corrected chi connectivity index (χ0v) is 15.5. The highest BCUT2D eigenvalue weighted by molar-refractivity contribution is 5.69. The zero-order valence-electron chi connectivity index (χ0n) is 16.5. The third-order valence-electron chi connectivity index (χ3n) is 3.08. The van der Waals surface area contributed by atoms with Crippen LogP contribution in [0.2, 0.25) is 0 Å². The van der Waals surface area contributed by atoms with Crippen LogP contribution in [0, 0.1) is 0 Å². The van der Waals surface area contributed by atoms with Crippen molar-refractivity contribution in [2.75, 3.05) is 6.61 Å². The second-order valence-corrected chi connectivity index (χ2v) is 5.55. The number of esters is 5. The van der Waals surface area contributed by atoms with Crippen molar-refractivity contribution >= 4 is 29.8 Å². The molecule has 1 aliphatic heterocycles. The third kappa shape index (κ3) is 7.21. The Hall–Kier alpha value is -2.69. The van der Waals surface area contributed by atoms with Gasteiger partial charge in [-0.25, -0.2) is 0 Å². The Morgan fingerprint density at radius 3 is 1.59 bits per heavy atom. The van der Waals surface area contributed by atoms with Gasteiger partial charge in [-0.15, -0.1) is 0 Å². The van der Waals surface area contributed by atoms with Gasteiger partial charge in [-0.3, -0.25) is 24.0 Å². The second-order valence-electron chi connectivity index (χ2n) is 5.55. The van der Waals surface area contributed by atoms with E-state index < -0.39 is 67.1 Å². The molecule has 11 nitrogen and oxygen atoms in total. The summed E-state index contributed by atoms with van der Waals surface area (Å²) < 4.78 is 38.6. The molecular formula is C16H22O11. The largest absolute Gasteiger partial charge is 0.463 e. The fourth-order valence-electron chi connectivity index (χ4n) is 2.30. The van der Waals surface area contributed by atoms with E-state index in [4.69, 9.17) is 29.8 Å². The summed E-state index contributed by atoms with van der Waals surface area (Å²) in [5.74, 6) is -4.26. The summed E-state index contributed by atoms with van der Waals surface area (Å²) in [5.41, 5.74) is 0. The molecule has 0 saturated carbocycles. The average Bonchev–Trinajstić information content (AvgIpc) is 2.50. The minimum atomic E-state index is -2.67. The first-order valence-electron chi connectivity index (χ1n) is 8.38. The first-order valence-corrected chi connectivity index (χ1v) is 7.88. The lowest BCUT2D eigenvalue weighted by molar-refractivity contribution is -0.300. The number of carbonyl (C=O) groups excluding carboxylic acids is 5. The van der Waals surface area contributed by atoms with Crippen LogP contribution in [0.25, 0.3) is 0 Å². The highest BCUT2D eigenvalue weighted by Gasteiger charge is 2.53. The van der Waals surface area contributed by atoms with Crippen molar-refractivity contribution < 1.29 is 53.8 Å². The van der Waals surface area contributed by atoms with E-state index in [1.165, 1.54) is 0 Å². The molecule has 27 heavy (non-hydrogen) atoms. The van der Waals surface area contributed by atoms with E-state index in [-0.39, 0.29) is 0 Å². The molecule has 1 heterocycles. The van der Waals surface area contributed by atoms with E-state index in [1.807, 2.05) is 0 Å². The Kier molecular flexibility index (Phi) is 7.53. The molecule has 0 aromatic heterocycles. The summed E-state index contributed by atoms with van der Waals surface area (Å²) >= 11 is 0. The Balaban J connectivity index is 3.43. The lowest BCUT2D eigenvalue weighted by atomic mass is 9.98. The van der Waals surface area contributed by atoms with Crippen LogP contribution >= 0.6 is 0 Å². The number of carbonyl (C=O) groups is 5. The monoisotopic (exact) mass is 391 g/mol. The summed E-state index contributed by atoms with van der Waals surface area (Å²) in [7, 11) is 0. The molecule has 5 unspecified atom stereocenters. The minimum Gasteiger partial charge on any atom is -0.463 e. The van der Waals surface area contributed by atoms with E-state index >= 15 is 0 Å².